The van der Waals surface area contributed by atoms with Gasteiger partial charge in [-0.1, -0.05) is 17.7 Å². The van der Waals surface area contributed by atoms with Crippen molar-refractivity contribution in [3.63, 3.8) is 0 Å². The molecule has 2 amide bonds. The fourth-order valence-corrected chi connectivity index (χ4v) is 3.30. The predicted molar refractivity (Wildman–Crippen MR) is 95.9 cm³/mol. The standard InChI is InChI=1S/C16H18ClF2N3O2S/c1-22(2)12(14-4-3-7-25-14)9-20-16(23)21-10-5-6-13(11(17)8-10)24-15(18)19/h3-8,12,15H,9H2,1-2H3,(H2,20,21,23)/t12-/m1/s1. The summed E-state index contributed by atoms with van der Waals surface area (Å²) in [5, 5.41) is 7.37. The van der Waals surface area contributed by atoms with E-state index in [1.807, 2.05) is 36.5 Å². The van der Waals surface area contributed by atoms with Gasteiger partial charge in [-0.25, -0.2) is 4.79 Å². The summed E-state index contributed by atoms with van der Waals surface area (Å²) in [7, 11) is 3.87. The van der Waals surface area contributed by atoms with Crippen molar-refractivity contribution in [2.45, 2.75) is 12.7 Å². The predicted octanol–water partition coefficient (Wildman–Crippen LogP) is 4.43. The van der Waals surface area contributed by atoms with Crippen molar-refractivity contribution < 1.29 is 18.3 Å². The Kier molecular flexibility index (Phi) is 6.98. The summed E-state index contributed by atoms with van der Waals surface area (Å²) in [6.07, 6.45) is 0. The van der Waals surface area contributed by atoms with Gasteiger partial charge < -0.3 is 20.3 Å². The summed E-state index contributed by atoms with van der Waals surface area (Å²) in [5.74, 6) is -0.145. The van der Waals surface area contributed by atoms with E-state index < -0.39 is 12.6 Å². The van der Waals surface area contributed by atoms with Crippen LogP contribution in [0.3, 0.4) is 0 Å². The number of halogens is 3. The third-order valence-corrected chi connectivity index (χ3v) is 4.63. The molecule has 0 saturated heterocycles. The Morgan fingerprint density at radius 1 is 1.36 bits per heavy atom. The summed E-state index contributed by atoms with van der Waals surface area (Å²) in [6, 6.07) is 7.67. The van der Waals surface area contributed by atoms with Crippen molar-refractivity contribution in [2.75, 3.05) is 26.0 Å². The number of benzene rings is 1. The number of carbonyl (C=O) groups is 1. The first kappa shape index (κ1) is 19.4. The molecule has 9 heteroatoms. The highest BCUT2D eigenvalue weighted by Crippen LogP contribution is 2.29. The first-order chi connectivity index (χ1) is 11.9. The molecule has 0 spiro atoms. The summed E-state index contributed by atoms with van der Waals surface area (Å²) >= 11 is 7.48. The van der Waals surface area contributed by atoms with Crippen LogP contribution >= 0.6 is 22.9 Å². The van der Waals surface area contributed by atoms with E-state index in [1.165, 1.54) is 18.2 Å². The van der Waals surface area contributed by atoms with Gasteiger partial charge in [-0.2, -0.15) is 8.78 Å². The van der Waals surface area contributed by atoms with Crippen molar-refractivity contribution in [2.24, 2.45) is 0 Å². The summed E-state index contributed by atoms with van der Waals surface area (Å²) in [6.45, 7) is -2.54. The minimum atomic E-state index is -2.96. The molecule has 25 heavy (non-hydrogen) atoms. The van der Waals surface area contributed by atoms with E-state index in [4.69, 9.17) is 11.6 Å². The molecule has 0 aliphatic carbocycles. The zero-order valence-electron chi connectivity index (χ0n) is 13.6. The van der Waals surface area contributed by atoms with Gasteiger partial charge in [0, 0.05) is 17.1 Å². The maximum Gasteiger partial charge on any atom is 0.387 e. The van der Waals surface area contributed by atoms with E-state index in [9.17, 15) is 13.6 Å². The largest absolute Gasteiger partial charge is 0.433 e. The highest BCUT2D eigenvalue weighted by atomic mass is 35.5. The monoisotopic (exact) mass is 389 g/mol. The van der Waals surface area contributed by atoms with Crippen LogP contribution in [0, 0.1) is 0 Å². The molecule has 0 bridgehead atoms. The van der Waals surface area contributed by atoms with Crippen LogP contribution in [-0.2, 0) is 0 Å². The number of ether oxygens (including phenoxy) is 1. The number of amides is 2. The number of hydrogen-bond donors (Lipinski definition) is 2. The molecule has 2 rings (SSSR count). The first-order valence-corrected chi connectivity index (χ1v) is 8.61. The van der Waals surface area contributed by atoms with Crippen molar-refractivity contribution >= 4 is 34.7 Å². The highest BCUT2D eigenvalue weighted by molar-refractivity contribution is 7.10. The third kappa shape index (κ3) is 5.84. The van der Waals surface area contributed by atoms with Crippen molar-refractivity contribution in [3.8, 4) is 5.75 Å². The van der Waals surface area contributed by atoms with Crippen LogP contribution in [0.5, 0.6) is 5.75 Å². The third-order valence-electron chi connectivity index (χ3n) is 3.36. The van der Waals surface area contributed by atoms with Crippen LogP contribution in [-0.4, -0.2) is 38.2 Å². The molecule has 5 nitrogen and oxygen atoms in total. The van der Waals surface area contributed by atoms with Crippen LogP contribution in [0.15, 0.2) is 35.7 Å². The fraction of sp³-hybridized carbons (Fsp3) is 0.312. The van der Waals surface area contributed by atoms with Gasteiger partial charge in [0.1, 0.15) is 5.75 Å². The molecule has 2 N–H and O–H groups in total. The SMILES string of the molecule is CN(C)[C@H](CNC(=O)Nc1ccc(OC(F)F)c(Cl)c1)c1cccs1. The van der Waals surface area contributed by atoms with E-state index in [2.05, 4.69) is 15.4 Å². The number of nitrogens with zero attached hydrogens (tertiary/aromatic N) is 1. The molecule has 1 atom stereocenters. The number of likely N-dealkylation sites (N-methyl/N-ethyl adjacent to an activating group) is 1. The van der Waals surface area contributed by atoms with Crippen LogP contribution in [0.4, 0.5) is 19.3 Å². The minimum absolute atomic E-state index is 0.0112. The lowest BCUT2D eigenvalue weighted by molar-refractivity contribution is -0.0497. The zero-order chi connectivity index (χ0) is 18.4. The van der Waals surface area contributed by atoms with Gasteiger partial charge >= 0.3 is 12.6 Å². The molecule has 1 aromatic carbocycles. The van der Waals surface area contributed by atoms with E-state index in [-0.39, 0.29) is 16.8 Å². The summed E-state index contributed by atoms with van der Waals surface area (Å²) in [5.41, 5.74) is 0.377. The fourth-order valence-electron chi connectivity index (χ4n) is 2.15. The van der Waals surface area contributed by atoms with Gasteiger partial charge in [0.25, 0.3) is 0 Å². The van der Waals surface area contributed by atoms with Crippen LogP contribution in [0.2, 0.25) is 5.02 Å². The van der Waals surface area contributed by atoms with Crippen LogP contribution < -0.4 is 15.4 Å². The number of thiophene rings is 1. The van der Waals surface area contributed by atoms with Crippen molar-refractivity contribution in [1.29, 1.82) is 0 Å². The minimum Gasteiger partial charge on any atom is -0.433 e. The van der Waals surface area contributed by atoms with E-state index in [1.54, 1.807) is 11.3 Å². The molecular formula is C16H18ClF2N3O2S. The second-order valence-electron chi connectivity index (χ2n) is 5.35. The zero-order valence-corrected chi connectivity index (χ0v) is 15.2. The molecule has 0 fully saturated rings. The number of alkyl halides is 2. The van der Waals surface area contributed by atoms with E-state index >= 15 is 0 Å². The Bertz CT molecular complexity index is 699. The molecule has 0 radical (unpaired) electrons. The second-order valence-corrected chi connectivity index (χ2v) is 6.74. The Hall–Kier alpha value is -1.90. The normalized spacial score (nSPS) is 12.3. The topological polar surface area (TPSA) is 53.6 Å². The second kappa shape index (κ2) is 8.98. The molecule has 0 aliphatic rings. The van der Waals surface area contributed by atoms with Crippen LogP contribution in [0.25, 0.3) is 0 Å². The summed E-state index contributed by atoms with van der Waals surface area (Å²) < 4.78 is 28.7. The lowest BCUT2D eigenvalue weighted by atomic mass is 10.2. The molecule has 136 valence electrons. The van der Waals surface area contributed by atoms with E-state index in [0.29, 0.717) is 12.2 Å². The molecule has 1 aromatic heterocycles. The number of urea groups is 1. The van der Waals surface area contributed by atoms with E-state index in [0.717, 1.165) is 4.88 Å². The van der Waals surface area contributed by atoms with Gasteiger partial charge in [-0.3, -0.25) is 0 Å². The summed E-state index contributed by atoms with van der Waals surface area (Å²) in [4.78, 5) is 15.2. The quantitative estimate of drug-likeness (QED) is 0.736. The number of hydrogen-bond acceptors (Lipinski definition) is 4. The maximum absolute atomic E-state index is 12.2. The molecular weight excluding hydrogens is 372 g/mol. The van der Waals surface area contributed by atoms with Crippen molar-refractivity contribution in [3.05, 3.63) is 45.6 Å². The Balaban J connectivity index is 1.92. The van der Waals surface area contributed by atoms with Gasteiger partial charge in [0.05, 0.1) is 11.1 Å². The number of carbonyl (C=O) groups excluding carboxylic acids is 1. The molecule has 1 heterocycles. The number of anilines is 1. The smallest absolute Gasteiger partial charge is 0.387 e. The first-order valence-electron chi connectivity index (χ1n) is 7.36. The van der Waals surface area contributed by atoms with Gasteiger partial charge in [-0.05, 0) is 43.7 Å². The molecule has 0 unspecified atom stereocenters. The Morgan fingerprint density at radius 3 is 2.68 bits per heavy atom. The average Bonchev–Trinajstić information content (AvgIpc) is 3.03. The Labute approximate surface area is 153 Å². The lowest BCUT2D eigenvalue weighted by Crippen LogP contribution is -2.36. The lowest BCUT2D eigenvalue weighted by Gasteiger charge is -2.23. The highest BCUT2D eigenvalue weighted by Gasteiger charge is 2.16. The number of nitrogens with one attached hydrogen (secondary N) is 2. The molecule has 0 aliphatic heterocycles. The number of rotatable bonds is 7. The Morgan fingerprint density at radius 2 is 2.12 bits per heavy atom. The average molecular weight is 390 g/mol. The molecule has 2 aromatic rings. The van der Waals surface area contributed by atoms with Gasteiger partial charge in [0.15, 0.2) is 0 Å². The van der Waals surface area contributed by atoms with Crippen LogP contribution in [0.1, 0.15) is 10.9 Å². The van der Waals surface area contributed by atoms with Crippen molar-refractivity contribution in [1.82, 2.24) is 10.2 Å². The molecule has 0 saturated carbocycles. The van der Waals surface area contributed by atoms with Gasteiger partial charge in [-0.15, -0.1) is 11.3 Å². The maximum atomic E-state index is 12.2. The van der Waals surface area contributed by atoms with Gasteiger partial charge in [0.2, 0.25) is 0 Å².